The number of methoxy groups -OCH3 is 1. The first-order valence-electron chi connectivity index (χ1n) is 6.93. The average Bonchev–Trinajstić information content (AvgIpc) is 2.93. The highest BCUT2D eigenvalue weighted by Crippen LogP contribution is 2.36. The van der Waals surface area contributed by atoms with E-state index in [1.54, 1.807) is 18.4 Å². The van der Waals surface area contributed by atoms with Gasteiger partial charge in [0.1, 0.15) is 10.7 Å². The van der Waals surface area contributed by atoms with Crippen LogP contribution in [0.25, 0.3) is 10.7 Å². The Balaban J connectivity index is 1.91. The molecule has 0 fully saturated rings. The van der Waals surface area contributed by atoms with Crippen molar-refractivity contribution in [3.05, 3.63) is 22.7 Å². The van der Waals surface area contributed by atoms with Gasteiger partial charge in [-0.2, -0.15) is 0 Å². The molecule has 0 amide bonds. The van der Waals surface area contributed by atoms with E-state index in [9.17, 15) is 0 Å². The van der Waals surface area contributed by atoms with Crippen molar-refractivity contribution < 1.29 is 4.74 Å². The summed E-state index contributed by atoms with van der Waals surface area (Å²) in [5, 5.41) is 12.7. The van der Waals surface area contributed by atoms with Crippen molar-refractivity contribution in [3.63, 3.8) is 0 Å². The Labute approximate surface area is 122 Å². The summed E-state index contributed by atoms with van der Waals surface area (Å²) < 4.78 is 5.03. The zero-order chi connectivity index (χ0) is 13.9. The lowest BCUT2D eigenvalue weighted by Crippen LogP contribution is -2.24. The van der Waals surface area contributed by atoms with E-state index in [1.165, 1.54) is 17.0 Å². The molecular formula is C14H18N4OS. The van der Waals surface area contributed by atoms with Crippen molar-refractivity contribution >= 4 is 11.3 Å². The third kappa shape index (κ3) is 2.53. The van der Waals surface area contributed by atoms with Gasteiger partial charge in [0, 0.05) is 10.9 Å². The molecule has 6 heteroatoms. The lowest BCUT2D eigenvalue weighted by molar-refractivity contribution is 0.392. The molecule has 0 radical (unpaired) electrons. The van der Waals surface area contributed by atoms with Crippen molar-refractivity contribution in [1.29, 1.82) is 0 Å². The monoisotopic (exact) mass is 290 g/mol. The minimum Gasteiger partial charge on any atom is -0.480 e. The molecule has 1 N–H and O–H groups in total. The summed E-state index contributed by atoms with van der Waals surface area (Å²) in [7, 11) is 1.59. The Bertz CT molecular complexity index is 581. The maximum Gasteiger partial charge on any atom is 0.233 e. The minimum absolute atomic E-state index is 0.389. The van der Waals surface area contributed by atoms with E-state index in [1.807, 2.05) is 12.1 Å². The molecule has 0 aromatic carbocycles. The molecule has 106 valence electrons. The van der Waals surface area contributed by atoms with Crippen LogP contribution in [0.15, 0.2) is 12.1 Å². The molecule has 20 heavy (non-hydrogen) atoms. The van der Waals surface area contributed by atoms with Crippen molar-refractivity contribution in [2.45, 2.75) is 32.2 Å². The van der Waals surface area contributed by atoms with Gasteiger partial charge in [-0.25, -0.2) is 4.98 Å². The number of nitrogens with one attached hydrogen (secondary N) is 1. The SMILES string of the molecule is CCNC1CCCc2sc(-c3ccc(OC)nn3)nc21. The summed E-state index contributed by atoms with van der Waals surface area (Å²) in [5.41, 5.74) is 2.02. The second-order valence-electron chi connectivity index (χ2n) is 4.79. The van der Waals surface area contributed by atoms with Gasteiger partial charge in [0.2, 0.25) is 5.88 Å². The van der Waals surface area contributed by atoms with E-state index >= 15 is 0 Å². The summed E-state index contributed by atoms with van der Waals surface area (Å²) in [5.74, 6) is 0.528. The van der Waals surface area contributed by atoms with Gasteiger partial charge in [-0.15, -0.1) is 21.5 Å². The first-order valence-corrected chi connectivity index (χ1v) is 7.74. The summed E-state index contributed by atoms with van der Waals surface area (Å²) in [6.45, 7) is 3.11. The van der Waals surface area contributed by atoms with E-state index in [-0.39, 0.29) is 0 Å². The second kappa shape index (κ2) is 5.85. The highest BCUT2D eigenvalue weighted by molar-refractivity contribution is 7.15. The van der Waals surface area contributed by atoms with E-state index in [2.05, 4.69) is 22.4 Å². The van der Waals surface area contributed by atoms with Crippen LogP contribution in [0.2, 0.25) is 0 Å². The van der Waals surface area contributed by atoms with Crippen LogP contribution in [0.3, 0.4) is 0 Å². The Morgan fingerprint density at radius 2 is 2.30 bits per heavy atom. The maximum absolute atomic E-state index is 5.03. The van der Waals surface area contributed by atoms with Gasteiger partial charge in [-0.3, -0.25) is 0 Å². The summed E-state index contributed by atoms with van der Waals surface area (Å²) in [6, 6.07) is 4.13. The molecule has 2 heterocycles. The van der Waals surface area contributed by atoms with Crippen molar-refractivity contribution in [2.75, 3.05) is 13.7 Å². The fourth-order valence-corrected chi connectivity index (χ4v) is 3.65. The molecule has 0 saturated heterocycles. The van der Waals surface area contributed by atoms with Crippen LogP contribution in [-0.2, 0) is 6.42 Å². The number of thiazole rings is 1. The van der Waals surface area contributed by atoms with Crippen LogP contribution in [0, 0.1) is 0 Å². The molecule has 1 atom stereocenters. The summed E-state index contributed by atoms with van der Waals surface area (Å²) in [6.07, 6.45) is 3.51. The minimum atomic E-state index is 0.389. The molecule has 2 aromatic heterocycles. The number of nitrogens with zero attached hydrogens (tertiary/aromatic N) is 3. The molecule has 0 aliphatic heterocycles. The molecule has 1 unspecified atom stereocenters. The Morgan fingerprint density at radius 3 is 3.00 bits per heavy atom. The summed E-state index contributed by atoms with van der Waals surface area (Å²) in [4.78, 5) is 6.17. The zero-order valence-electron chi connectivity index (χ0n) is 11.7. The van der Waals surface area contributed by atoms with Gasteiger partial charge in [-0.1, -0.05) is 6.92 Å². The van der Waals surface area contributed by atoms with Gasteiger partial charge < -0.3 is 10.1 Å². The highest BCUT2D eigenvalue weighted by Gasteiger charge is 2.24. The summed E-state index contributed by atoms with van der Waals surface area (Å²) >= 11 is 1.74. The van der Waals surface area contributed by atoms with Gasteiger partial charge >= 0.3 is 0 Å². The molecule has 0 bridgehead atoms. The van der Waals surface area contributed by atoms with Crippen molar-refractivity contribution in [3.8, 4) is 16.6 Å². The number of fused-ring (bicyclic) bond motifs is 1. The first-order chi connectivity index (χ1) is 9.81. The third-order valence-electron chi connectivity index (χ3n) is 3.47. The molecule has 2 aromatic rings. The predicted octanol–water partition coefficient (Wildman–Crippen LogP) is 2.60. The number of hydrogen-bond donors (Lipinski definition) is 1. The largest absolute Gasteiger partial charge is 0.480 e. The molecule has 1 aliphatic carbocycles. The topological polar surface area (TPSA) is 59.9 Å². The smallest absolute Gasteiger partial charge is 0.233 e. The quantitative estimate of drug-likeness (QED) is 0.938. The average molecular weight is 290 g/mol. The third-order valence-corrected chi connectivity index (χ3v) is 4.63. The van der Waals surface area contributed by atoms with E-state index in [4.69, 9.17) is 9.72 Å². The van der Waals surface area contributed by atoms with Crippen LogP contribution in [0.5, 0.6) is 5.88 Å². The second-order valence-corrected chi connectivity index (χ2v) is 5.87. The number of ether oxygens (including phenoxy) is 1. The lowest BCUT2D eigenvalue weighted by atomic mass is 9.98. The fourth-order valence-electron chi connectivity index (χ4n) is 2.52. The van der Waals surface area contributed by atoms with Crippen molar-refractivity contribution in [2.24, 2.45) is 0 Å². The van der Waals surface area contributed by atoms with Gasteiger partial charge in [0.05, 0.1) is 18.8 Å². The zero-order valence-corrected chi connectivity index (χ0v) is 12.5. The Kier molecular flexibility index (Phi) is 3.93. The first kappa shape index (κ1) is 13.5. The van der Waals surface area contributed by atoms with Crippen LogP contribution in [0.4, 0.5) is 0 Å². The van der Waals surface area contributed by atoms with Crippen LogP contribution >= 0.6 is 11.3 Å². The number of rotatable bonds is 4. The molecule has 0 saturated carbocycles. The Morgan fingerprint density at radius 1 is 1.40 bits per heavy atom. The van der Waals surface area contributed by atoms with E-state index in [0.717, 1.165) is 30.1 Å². The molecule has 3 rings (SSSR count). The normalized spacial score (nSPS) is 17.8. The van der Waals surface area contributed by atoms with E-state index < -0.39 is 0 Å². The van der Waals surface area contributed by atoms with Gasteiger partial charge in [0.15, 0.2) is 0 Å². The molecule has 5 nitrogen and oxygen atoms in total. The lowest BCUT2D eigenvalue weighted by Gasteiger charge is -2.21. The van der Waals surface area contributed by atoms with Gasteiger partial charge in [-0.05, 0) is 31.9 Å². The Hall–Kier alpha value is -1.53. The fraction of sp³-hybridized carbons (Fsp3) is 0.500. The van der Waals surface area contributed by atoms with Crippen LogP contribution in [0.1, 0.15) is 36.4 Å². The number of hydrogen-bond acceptors (Lipinski definition) is 6. The van der Waals surface area contributed by atoms with Crippen molar-refractivity contribution in [1.82, 2.24) is 20.5 Å². The number of aryl methyl sites for hydroxylation is 1. The predicted molar refractivity (Wildman–Crippen MR) is 79.0 cm³/mol. The van der Waals surface area contributed by atoms with Crippen LogP contribution < -0.4 is 10.1 Å². The van der Waals surface area contributed by atoms with Gasteiger partial charge in [0.25, 0.3) is 0 Å². The van der Waals surface area contributed by atoms with E-state index in [0.29, 0.717) is 11.9 Å². The number of aromatic nitrogens is 3. The standard InChI is InChI=1S/C14H18N4OS/c1-3-15-9-5-4-6-11-13(9)16-14(20-11)10-7-8-12(19-2)18-17-10/h7-9,15H,3-6H2,1-2H3. The van der Waals surface area contributed by atoms with Crippen LogP contribution in [-0.4, -0.2) is 28.8 Å². The molecule has 0 spiro atoms. The highest BCUT2D eigenvalue weighted by atomic mass is 32.1. The maximum atomic E-state index is 5.03. The molecular weight excluding hydrogens is 272 g/mol. The molecule has 1 aliphatic rings.